The second-order valence-corrected chi connectivity index (χ2v) is 10.3. The van der Waals surface area contributed by atoms with E-state index in [1.165, 1.54) is 5.56 Å². The molecule has 0 saturated heterocycles. The van der Waals surface area contributed by atoms with Crippen LogP contribution in [0.1, 0.15) is 42.4 Å². The van der Waals surface area contributed by atoms with Crippen LogP contribution in [-0.4, -0.2) is 19.4 Å². The first kappa shape index (κ1) is 21.1. The summed E-state index contributed by atoms with van der Waals surface area (Å²) in [7, 11) is -0.980. The maximum atomic E-state index is 12.8. The van der Waals surface area contributed by atoms with E-state index in [1.54, 1.807) is 0 Å². The van der Waals surface area contributed by atoms with Gasteiger partial charge in [-0.15, -0.1) is 0 Å². The van der Waals surface area contributed by atoms with Crippen LogP contribution < -0.4 is 5.32 Å². The normalized spacial score (nSPS) is 12.5. The highest BCUT2D eigenvalue weighted by Gasteiger charge is 2.19. The van der Waals surface area contributed by atoms with Gasteiger partial charge in [-0.2, -0.15) is 0 Å². The molecule has 5 heteroatoms. The molecule has 1 unspecified atom stereocenters. The van der Waals surface area contributed by atoms with Crippen molar-refractivity contribution in [2.75, 3.05) is 5.32 Å². The zero-order valence-corrected chi connectivity index (χ0v) is 18.0. The zero-order chi connectivity index (χ0) is 20.9. The highest BCUT2D eigenvalue weighted by atomic mass is 32.2. The van der Waals surface area contributed by atoms with Crippen molar-refractivity contribution in [2.24, 2.45) is 0 Å². The first-order chi connectivity index (χ1) is 13.8. The maximum Gasteiger partial charge on any atom is 0.272 e. The molecule has 1 heterocycles. The summed E-state index contributed by atoms with van der Waals surface area (Å²) < 4.78 is 14.1. The molecule has 0 fully saturated rings. The van der Waals surface area contributed by atoms with Crippen molar-refractivity contribution in [2.45, 2.75) is 44.2 Å². The number of aromatic nitrogens is 1. The van der Waals surface area contributed by atoms with E-state index < -0.39 is 10.8 Å². The van der Waals surface area contributed by atoms with Crippen molar-refractivity contribution < 1.29 is 9.00 Å². The SMILES string of the molecule is CC(C)(C)S(=O)Cc1cccc(NC(=O)c2cccn2CCc2ccccc2)c1. The summed E-state index contributed by atoms with van der Waals surface area (Å²) in [6.45, 7) is 6.65. The molecule has 3 aromatic rings. The summed E-state index contributed by atoms with van der Waals surface area (Å²) in [5, 5.41) is 2.98. The standard InChI is InChI=1S/C24H28N2O2S/c1-24(2,3)29(28)18-20-11-7-12-21(17-20)25-23(27)22-13-8-15-26(22)16-14-19-9-5-4-6-10-19/h4-13,15,17H,14,16,18H2,1-3H3,(H,25,27). The second-order valence-electron chi connectivity index (χ2n) is 8.08. The molecule has 4 nitrogen and oxygen atoms in total. The van der Waals surface area contributed by atoms with Gasteiger partial charge < -0.3 is 9.88 Å². The molecule has 3 rings (SSSR count). The van der Waals surface area contributed by atoms with E-state index in [2.05, 4.69) is 17.4 Å². The molecule has 152 valence electrons. The van der Waals surface area contributed by atoms with Crippen LogP contribution in [0.25, 0.3) is 0 Å². The molecule has 0 aliphatic rings. The van der Waals surface area contributed by atoms with Crippen molar-refractivity contribution in [3.8, 4) is 0 Å². The lowest BCUT2D eigenvalue weighted by Crippen LogP contribution is -2.23. The van der Waals surface area contributed by atoms with Crippen LogP contribution in [0.15, 0.2) is 72.9 Å². The summed E-state index contributed by atoms with van der Waals surface area (Å²) in [5.74, 6) is 0.331. The summed E-state index contributed by atoms with van der Waals surface area (Å²) in [5.41, 5.74) is 3.54. The van der Waals surface area contributed by atoms with Gasteiger partial charge in [0.2, 0.25) is 0 Å². The Labute approximate surface area is 175 Å². The van der Waals surface area contributed by atoms with E-state index in [1.807, 2.05) is 86.1 Å². The van der Waals surface area contributed by atoms with Crippen LogP contribution >= 0.6 is 0 Å². The third-order valence-electron chi connectivity index (χ3n) is 4.71. The number of nitrogens with zero attached hydrogens (tertiary/aromatic N) is 1. The Hall–Kier alpha value is -2.66. The van der Waals surface area contributed by atoms with Gasteiger partial charge in [-0.3, -0.25) is 9.00 Å². The van der Waals surface area contributed by atoms with Gasteiger partial charge in [0, 0.05) is 39.7 Å². The molecule has 0 saturated carbocycles. The fourth-order valence-corrected chi connectivity index (χ4v) is 3.93. The Morgan fingerprint density at radius 2 is 1.69 bits per heavy atom. The number of nitrogens with one attached hydrogen (secondary N) is 1. The molecule has 1 N–H and O–H groups in total. The van der Waals surface area contributed by atoms with Gasteiger partial charge in [-0.1, -0.05) is 42.5 Å². The van der Waals surface area contributed by atoms with E-state index in [9.17, 15) is 9.00 Å². The average molecular weight is 409 g/mol. The molecule has 0 radical (unpaired) electrons. The molecule has 0 aliphatic carbocycles. The second kappa shape index (κ2) is 9.23. The highest BCUT2D eigenvalue weighted by Crippen LogP contribution is 2.19. The van der Waals surface area contributed by atoms with E-state index in [4.69, 9.17) is 0 Å². The average Bonchev–Trinajstić information content (AvgIpc) is 3.15. The fourth-order valence-electron chi connectivity index (χ4n) is 3.01. The van der Waals surface area contributed by atoms with Crippen molar-refractivity contribution >= 4 is 22.4 Å². The topological polar surface area (TPSA) is 51.1 Å². The summed E-state index contributed by atoms with van der Waals surface area (Å²) in [6.07, 6.45) is 2.80. The number of carbonyl (C=O) groups excluding carboxylic acids is 1. The number of hydrogen-bond donors (Lipinski definition) is 1. The van der Waals surface area contributed by atoms with E-state index in [0.717, 1.165) is 18.5 Å². The fraction of sp³-hybridized carbons (Fsp3) is 0.292. The van der Waals surface area contributed by atoms with Crippen LogP contribution in [0, 0.1) is 0 Å². The van der Waals surface area contributed by atoms with Crippen LogP contribution in [0.2, 0.25) is 0 Å². The first-order valence-corrected chi connectivity index (χ1v) is 11.1. The smallest absolute Gasteiger partial charge is 0.272 e. The van der Waals surface area contributed by atoms with Gasteiger partial charge in [0.1, 0.15) is 5.69 Å². The number of aryl methyl sites for hydroxylation is 2. The number of hydrogen-bond acceptors (Lipinski definition) is 2. The van der Waals surface area contributed by atoms with Gasteiger partial charge in [0.15, 0.2) is 0 Å². The minimum Gasteiger partial charge on any atom is -0.343 e. The lowest BCUT2D eigenvalue weighted by atomic mass is 10.1. The van der Waals surface area contributed by atoms with Crippen molar-refractivity contribution in [3.63, 3.8) is 0 Å². The van der Waals surface area contributed by atoms with Crippen molar-refractivity contribution in [1.29, 1.82) is 0 Å². The number of rotatable bonds is 7. The molecule has 1 amide bonds. The molecule has 0 spiro atoms. The number of anilines is 1. The lowest BCUT2D eigenvalue weighted by molar-refractivity contribution is 0.101. The molecular formula is C24H28N2O2S. The Balaban J connectivity index is 1.66. The largest absolute Gasteiger partial charge is 0.343 e. The monoisotopic (exact) mass is 408 g/mol. The zero-order valence-electron chi connectivity index (χ0n) is 17.2. The van der Waals surface area contributed by atoms with Crippen molar-refractivity contribution in [3.05, 3.63) is 89.7 Å². The number of carbonyl (C=O) groups is 1. The lowest BCUT2D eigenvalue weighted by Gasteiger charge is -2.18. The molecule has 0 aliphatic heterocycles. The van der Waals surface area contributed by atoms with Gasteiger partial charge in [0.05, 0.1) is 0 Å². The van der Waals surface area contributed by atoms with Crippen LogP contribution in [0.4, 0.5) is 5.69 Å². The maximum absolute atomic E-state index is 12.8. The van der Waals surface area contributed by atoms with E-state index >= 15 is 0 Å². The quantitative estimate of drug-likeness (QED) is 0.596. The first-order valence-electron chi connectivity index (χ1n) is 9.81. The molecule has 29 heavy (non-hydrogen) atoms. The predicted molar refractivity (Wildman–Crippen MR) is 121 cm³/mol. The predicted octanol–water partition coefficient (Wildman–Crippen LogP) is 5.03. The molecular weight excluding hydrogens is 380 g/mol. The van der Waals surface area contributed by atoms with E-state index in [0.29, 0.717) is 17.1 Å². The van der Waals surface area contributed by atoms with Gasteiger partial charge in [-0.05, 0) is 62.6 Å². The van der Waals surface area contributed by atoms with Gasteiger partial charge >= 0.3 is 0 Å². The highest BCUT2D eigenvalue weighted by molar-refractivity contribution is 7.85. The Morgan fingerprint density at radius 3 is 2.41 bits per heavy atom. The van der Waals surface area contributed by atoms with Crippen LogP contribution in [0.5, 0.6) is 0 Å². The van der Waals surface area contributed by atoms with Gasteiger partial charge in [0.25, 0.3) is 5.91 Å². The summed E-state index contributed by atoms with van der Waals surface area (Å²) in [4.78, 5) is 12.8. The number of benzene rings is 2. The molecule has 1 aromatic heterocycles. The van der Waals surface area contributed by atoms with E-state index in [-0.39, 0.29) is 10.7 Å². The molecule has 2 aromatic carbocycles. The minimum absolute atomic E-state index is 0.142. The Morgan fingerprint density at radius 1 is 0.966 bits per heavy atom. The number of amides is 1. The van der Waals surface area contributed by atoms with Crippen molar-refractivity contribution in [1.82, 2.24) is 4.57 Å². The third-order valence-corrected chi connectivity index (χ3v) is 6.67. The summed E-state index contributed by atoms with van der Waals surface area (Å²) >= 11 is 0. The summed E-state index contributed by atoms with van der Waals surface area (Å²) in [6, 6.07) is 21.6. The van der Waals surface area contributed by atoms with Crippen LogP contribution in [-0.2, 0) is 29.5 Å². The van der Waals surface area contributed by atoms with Gasteiger partial charge in [-0.25, -0.2) is 0 Å². The Bertz CT molecular complexity index is 987. The third kappa shape index (κ3) is 5.91. The molecule has 1 atom stereocenters. The molecule has 0 bridgehead atoms. The Kier molecular flexibility index (Phi) is 6.70. The minimum atomic E-state index is -0.980. The van der Waals surface area contributed by atoms with Crippen LogP contribution in [0.3, 0.4) is 0 Å².